The molecule has 0 spiro atoms. The van der Waals surface area contributed by atoms with Crippen molar-refractivity contribution in [2.24, 2.45) is 0 Å². The van der Waals surface area contributed by atoms with E-state index < -0.39 is 10.0 Å². The van der Waals surface area contributed by atoms with Gasteiger partial charge in [-0.15, -0.1) is 0 Å². The van der Waals surface area contributed by atoms with Crippen LogP contribution in [0.1, 0.15) is 16.1 Å². The quantitative estimate of drug-likeness (QED) is 0.712. The number of nitrogens with zero attached hydrogens (tertiary/aromatic N) is 1. The van der Waals surface area contributed by atoms with Gasteiger partial charge in [0, 0.05) is 12.2 Å². The first-order valence-corrected chi connectivity index (χ1v) is 10.1. The van der Waals surface area contributed by atoms with E-state index in [4.69, 9.17) is 9.15 Å². The lowest BCUT2D eigenvalue weighted by atomic mass is 10.1. The summed E-state index contributed by atoms with van der Waals surface area (Å²) in [6.45, 7) is 0.511. The van der Waals surface area contributed by atoms with Gasteiger partial charge in [0.15, 0.2) is 5.76 Å². The average molecular weight is 398 g/mol. The van der Waals surface area contributed by atoms with E-state index in [2.05, 4.69) is 4.72 Å². The summed E-state index contributed by atoms with van der Waals surface area (Å²) < 4.78 is 38.5. The lowest BCUT2D eigenvalue weighted by Gasteiger charge is -2.17. The Morgan fingerprint density at radius 3 is 2.71 bits per heavy atom. The number of amides is 1. The number of anilines is 2. The number of carbonyl (C=O) groups excluding carboxylic acids is 1. The topological polar surface area (TPSA) is 88.9 Å². The van der Waals surface area contributed by atoms with E-state index in [0.717, 1.165) is 5.56 Å². The normalized spacial score (nSPS) is 13.2. The standard InChI is InChI=1S/C20H18N2O5S/c1-26-17-5-2-3-7-19(17)28(24,25)21-15-9-8-14-10-11-22(16(14)13-15)20(23)18-6-4-12-27-18/h2-9,12-13,21H,10-11H2,1H3. The summed E-state index contributed by atoms with van der Waals surface area (Å²) in [5.74, 6) is 0.243. The highest BCUT2D eigenvalue weighted by Crippen LogP contribution is 2.33. The molecule has 0 saturated carbocycles. The van der Waals surface area contributed by atoms with Gasteiger partial charge in [-0.25, -0.2) is 8.42 Å². The highest BCUT2D eigenvalue weighted by atomic mass is 32.2. The van der Waals surface area contributed by atoms with Crippen molar-refractivity contribution in [1.82, 2.24) is 0 Å². The smallest absolute Gasteiger partial charge is 0.293 e. The molecule has 0 radical (unpaired) electrons. The molecule has 0 bridgehead atoms. The SMILES string of the molecule is COc1ccccc1S(=O)(=O)Nc1ccc2c(c1)N(C(=O)c1ccco1)CC2. The van der Waals surface area contributed by atoms with Gasteiger partial charge >= 0.3 is 0 Å². The van der Waals surface area contributed by atoms with Crippen molar-refractivity contribution in [3.05, 3.63) is 72.2 Å². The molecule has 28 heavy (non-hydrogen) atoms. The van der Waals surface area contributed by atoms with Crippen molar-refractivity contribution in [3.63, 3.8) is 0 Å². The second-order valence-corrected chi connectivity index (χ2v) is 7.93. The van der Waals surface area contributed by atoms with Crippen molar-refractivity contribution in [2.45, 2.75) is 11.3 Å². The van der Waals surface area contributed by atoms with Crippen molar-refractivity contribution in [1.29, 1.82) is 0 Å². The zero-order chi connectivity index (χ0) is 19.7. The number of benzene rings is 2. The van der Waals surface area contributed by atoms with E-state index in [9.17, 15) is 13.2 Å². The third-order valence-electron chi connectivity index (χ3n) is 4.57. The molecular weight excluding hydrogens is 380 g/mol. The van der Waals surface area contributed by atoms with E-state index in [1.54, 1.807) is 47.4 Å². The fourth-order valence-corrected chi connectivity index (χ4v) is 4.46. The highest BCUT2D eigenvalue weighted by molar-refractivity contribution is 7.92. The maximum atomic E-state index is 12.8. The average Bonchev–Trinajstić information content (AvgIpc) is 3.37. The van der Waals surface area contributed by atoms with Gasteiger partial charge in [-0.2, -0.15) is 0 Å². The Bertz CT molecular complexity index is 1120. The Kier molecular flexibility index (Phi) is 4.56. The molecule has 8 heteroatoms. The zero-order valence-electron chi connectivity index (χ0n) is 15.1. The van der Waals surface area contributed by atoms with E-state index >= 15 is 0 Å². The summed E-state index contributed by atoms with van der Waals surface area (Å²) >= 11 is 0. The lowest BCUT2D eigenvalue weighted by molar-refractivity contribution is 0.0963. The second kappa shape index (κ2) is 7.05. The predicted octanol–water partition coefficient (Wildman–Crippen LogP) is 3.29. The van der Waals surface area contributed by atoms with Gasteiger partial charge in [0.05, 0.1) is 19.1 Å². The molecule has 0 fully saturated rings. The summed E-state index contributed by atoms with van der Waals surface area (Å²) in [7, 11) is -2.43. The molecule has 2 heterocycles. The molecule has 144 valence electrons. The first kappa shape index (κ1) is 18.1. The van der Waals surface area contributed by atoms with E-state index in [-0.39, 0.29) is 22.3 Å². The van der Waals surface area contributed by atoms with Crippen LogP contribution in [0.4, 0.5) is 11.4 Å². The predicted molar refractivity (Wildman–Crippen MR) is 104 cm³/mol. The van der Waals surface area contributed by atoms with Crippen LogP contribution in [0.5, 0.6) is 5.75 Å². The number of ether oxygens (including phenoxy) is 1. The van der Waals surface area contributed by atoms with Crippen LogP contribution in [0, 0.1) is 0 Å². The third-order valence-corrected chi connectivity index (χ3v) is 5.99. The van der Waals surface area contributed by atoms with Crippen LogP contribution in [0.25, 0.3) is 0 Å². The van der Waals surface area contributed by atoms with Gasteiger partial charge in [-0.05, 0) is 48.4 Å². The largest absolute Gasteiger partial charge is 0.495 e. The number of furan rings is 1. The Morgan fingerprint density at radius 1 is 1.14 bits per heavy atom. The van der Waals surface area contributed by atoms with Gasteiger partial charge in [0.2, 0.25) is 0 Å². The number of hydrogen-bond acceptors (Lipinski definition) is 5. The maximum absolute atomic E-state index is 12.8. The molecule has 1 amide bonds. The van der Waals surface area contributed by atoms with Crippen LogP contribution in [-0.4, -0.2) is 28.0 Å². The van der Waals surface area contributed by atoms with Gasteiger partial charge in [-0.3, -0.25) is 9.52 Å². The number of methoxy groups -OCH3 is 1. The van der Waals surface area contributed by atoms with E-state index in [1.165, 1.54) is 19.4 Å². The van der Waals surface area contributed by atoms with Crippen LogP contribution >= 0.6 is 0 Å². The minimum atomic E-state index is -3.85. The monoisotopic (exact) mass is 398 g/mol. The Hall–Kier alpha value is -3.26. The third kappa shape index (κ3) is 3.22. The van der Waals surface area contributed by atoms with Crippen molar-refractivity contribution in [3.8, 4) is 5.75 Å². The molecule has 1 N–H and O–H groups in total. The van der Waals surface area contributed by atoms with Gasteiger partial charge in [0.25, 0.3) is 15.9 Å². The minimum absolute atomic E-state index is 0.0431. The molecule has 2 aromatic carbocycles. The number of carbonyl (C=O) groups is 1. The first-order chi connectivity index (χ1) is 13.5. The molecule has 0 saturated heterocycles. The molecule has 0 atom stereocenters. The number of hydrogen-bond donors (Lipinski definition) is 1. The number of rotatable bonds is 5. The summed E-state index contributed by atoms with van der Waals surface area (Å²) in [6.07, 6.45) is 2.14. The molecule has 3 aromatic rings. The molecular formula is C20H18N2O5S. The molecule has 7 nitrogen and oxygen atoms in total. The summed E-state index contributed by atoms with van der Waals surface area (Å²) in [5, 5.41) is 0. The van der Waals surface area contributed by atoms with E-state index in [1.807, 2.05) is 6.07 Å². The Labute approximate surface area is 162 Å². The second-order valence-electron chi connectivity index (χ2n) is 6.28. The van der Waals surface area contributed by atoms with Gasteiger partial charge in [0.1, 0.15) is 10.6 Å². The molecule has 4 rings (SSSR count). The maximum Gasteiger partial charge on any atom is 0.293 e. The minimum Gasteiger partial charge on any atom is -0.495 e. The lowest BCUT2D eigenvalue weighted by Crippen LogP contribution is -2.28. The number of nitrogens with one attached hydrogen (secondary N) is 1. The van der Waals surface area contributed by atoms with Crippen LogP contribution in [-0.2, 0) is 16.4 Å². The molecule has 1 aromatic heterocycles. The molecule has 0 aliphatic carbocycles. The molecule has 0 unspecified atom stereocenters. The zero-order valence-corrected chi connectivity index (χ0v) is 15.9. The fraction of sp³-hybridized carbons (Fsp3) is 0.150. The molecule has 1 aliphatic heterocycles. The highest BCUT2D eigenvalue weighted by Gasteiger charge is 2.28. The van der Waals surface area contributed by atoms with Crippen molar-refractivity contribution < 1.29 is 22.4 Å². The van der Waals surface area contributed by atoms with Crippen LogP contribution < -0.4 is 14.4 Å². The number of para-hydroxylation sites is 1. The summed E-state index contributed by atoms with van der Waals surface area (Å²) in [5.41, 5.74) is 2.01. The summed E-state index contributed by atoms with van der Waals surface area (Å²) in [6, 6.07) is 14.8. The van der Waals surface area contributed by atoms with Gasteiger partial charge < -0.3 is 14.1 Å². The van der Waals surface area contributed by atoms with Crippen LogP contribution in [0.2, 0.25) is 0 Å². The van der Waals surface area contributed by atoms with Crippen molar-refractivity contribution >= 4 is 27.3 Å². The fourth-order valence-electron chi connectivity index (χ4n) is 3.24. The Morgan fingerprint density at radius 2 is 1.96 bits per heavy atom. The van der Waals surface area contributed by atoms with Crippen LogP contribution in [0.15, 0.2) is 70.2 Å². The van der Waals surface area contributed by atoms with Crippen LogP contribution in [0.3, 0.4) is 0 Å². The number of sulfonamides is 1. The van der Waals surface area contributed by atoms with E-state index in [0.29, 0.717) is 24.3 Å². The first-order valence-electron chi connectivity index (χ1n) is 8.64. The van der Waals surface area contributed by atoms with Gasteiger partial charge in [-0.1, -0.05) is 18.2 Å². The van der Waals surface area contributed by atoms with Crippen molar-refractivity contribution in [2.75, 3.05) is 23.3 Å². The number of fused-ring (bicyclic) bond motifs is 1. The Balaban J connectivity index is 1.64. The summed E-state index contributed by atoms with van der Waals surface area (Å²) in [4.78, 5) is 14.3. The molecule has 1 aliphatic rings.